The second-order valence-corrected chi connectivity index (χ2v) is 2.62. The van der Waals surface area contributed by atoms with E-state index in [1.807, 2.05) is 30.9 Å². The first-order chi connectivity index (χ1) is 5.79. The Hall–Kier alpha value is -1.05. The summed E-state index contributed by atoms with van der Waals surface area (Å²) in [5.74, 6) is -0.138. The van der Waals surface area contributed by atoms with Crippen LogP contribution in [-0.2, 0) is 0 Å². The van der Waals surface area contributed by atoms with E-state index in [0.717, 1.165) is 13.1 Å². The van der Waals surface area contributed by atoms with Crippen LogP contribution >= 0.6 is 0 Å². The molecule has 0 unspecified atom stereocenters. The highest BCUT2D eigenvalue weighted by molar-refractivity contribution is 5.47. The Morgan fingerprint density at radius 2 is 1.75 bits per heavy atom. The van der Waals surface area contributed by atoms with Gasteiger partial charge in [-0.3, -0.25) is 0 Å². The zero-order valence-corrected chi connectivity index (χ0v) is 7.55. The van der Waals surface area contributed by atoms with Gasteiger partial charge in [0.1, 0.15) is 5.82 Å². The highest BCUT2D eigenvalue weighted by atomic mass is 19.1. The van der Waals surface area contributed by atoms with E-state index in [1.165, 1.54) is 6.07 Å². The third kappa shape index (κ3) is 1.76. The molecule has 0 bridgehead atoms. The van der Waals surface area contributed by atoms with Crippen LogP contribution in [0.4, 0.5) is 10.1 Å². The van der Waals surface area contributed by atoms with E-state index in [4.69, 9.17) is 0 Å². The molecule has 0 aliphatic rings. The normalized spacial score (nSPS) is 9.92. The Morgan fingerprint density at radius 3 is 2.25 bits per heavy atom. The number of anilines is 1. The maximum atomic E-state index is 13.2. The van der Waals surface area contributed by atoms with Crippen LogP contribution in [0.3, 0.4) is 0 Å². The number of benzene rings is 1. The van der Waals surface area contributed by atoms with Crippen LogP contribution in [0.15, 0.2) is 24.3 Å². The fourth-order valence-electron chi connectivity index (χ4n) is 1.27. The zero-order valence-electron chi connectivity index (χ0n) is 7.55. The Balaban J connectivity index is 2.92. The molecule has 0 aromatic heterocycles. The van der Waals surface area contributed by atoms with Crippen LogP contribution in [0.1, 0.15) is 13.8 Å². The summed E-state index contributed by atoms with van der Waals surface area (Å²) in [4.78, 5) is 2.00. The molecule has 66 valence electrons. The molecule has 0 fully saturated rings. The lowest BCUT2D eigenvalue weighted by Gasteiger charge is -2.21. The third-order valence-electron chi connectivity index (χ3n) is 1.96. The smallest absolute Gasteiger partial charge is 0.146 e. The van der Waals surface area contributed by atoms with Gasteiger partial charge in [-0.2, -0.15) is 0 Å². The van der Waals surface area contributed by atoms with Crippen LogP contribution in [-0.4, -0.2) is 13.1 Å². The Bertz CT molecular complexity index is 243. The average Bonchev–Trinajstić information content (AvgIpc) is 2.10. The first kappa shape index (κ1) is 9.04. The van der Waals surface area contributed by atoms with Crippen molar-refractivity contribution >= 4 is 5.69 Å². The van der Waals surface area contributed by atoms with Crippen LogP contribution in [0.25, 0.3) is 0 Å². The van der Waals surface area contributed by atoms with Gasteiger partial charge in [-0.05, 0) is 26.0 Å². The van der Waals surface area contributed by atoms with Gasteiger partial charge in [-0.15, -0.1) is 0 Å². The highest BCUT2D eigenvalue weighted by Crippen LogP contribution is 2.17. The Morgan fingerprint density at radius 1 is 1.17 bits per heavy atom. The van der Waals surface area contributed by atoms with Gasteiger partial charge in [-0.25, -0.2) is 4.39 Å². The predicted molar refractivity (Wildman–Crippen MR) is 50.0 cm³/mol. The molecular formula is C10H14FN. The summed E-state index contributed by atoms with van der Waals surface area (Å²) < 4.78 is 13.2. The molecular weight excluding hydrogens is 153 g/mol. The quantitative estimate of drug-likeness (QED) is 0.669. The second-order valence-electron chi connectivity index (χ2n) is 2.62. The molecule has 1 nitrogen and oxygen atoms in total. The lowest BCUT2D eigenvalue weighted by atomic mass is 10.2. The van der Waals surface area contributed by atoms with E-state index >= 15 is 0 Å². The van der Waals surface area contributed by atoms with Crippen molar-refractivity contribution in [3.63, 3.8) is 0 Å². The van der Waals surface area contributed by atoms with Gasteiger partial charge in [0.25, 0.3) is 0 Å². The van der Waals surface area contributed by atoms with E-state index in [9.17, 15) is 4.39 Å². The standard InChI is InChI=1S/C10H14FN/c1-3-12(4-2)10-8-6-5-7-9(10)11/h5-8H,3-4H2,1-2H3. The number of halogens is 1. The predicted octanol–water partition coefficient (Wildman–Crippen LogP) is 2.67. The summed E-state index contributed by atoms with van der Waals surface area (Å²) in [7, 11) is 0. The van der Waals surface area contributed by atoms with Gasteiger partial charge in [0.05, 0.1) is 5.69 Å². The molecule has 0 radical (unpaired) electrons. The summed E-state index contributed by atoms with van der Waals surface area (Å²) in [6.07, 6.45) is 0. The molecule has 0 atom stereocenters. The molecule has 0 spiro atoms. The lowest BCUT2D eigenvalue weighted by molar-refractivity contribution is 0.620. The van der Waals surface area contributed by atoms with Gasteiger partial charge in [0, 0.05) is 13.1 Å². The van der Waals surface area contributed by atoms with Gasteiger partial charge in [-0.1, -0.05) is 12.1 Å². The van der Waals surface area contributed by atoms with Crippen molar-refractivity contribution in [1.29, 1.82) is 0 Å². The van der Waals surface area contributed by atoms with E-state index in [-0.39, 0.29) is 5.82 Å². The summed E-state index contributed by atoms with van der Waals surface area (Å²) in [6, 6.07) is 6.87. The van der Waals surface area contributed by atoms with Crippen molar-refractivity contribution in [2.45, 2.75) is 13.8 Å². The molecule has 1 aromatic rings. The molecule has 0 aliphatic heterocycles. The van der Waals surface area contributed by atoms with E-state index < -0.39 is 0 Å². The van der Waals surface area contributed by atoms with Crippen molar-refractivity contribution in [3.05, 3.63) is 30.1 Å². The lowest BCUT2D eigenvalue weighted by Crippen LogP contribution is -2.22. The number of hydrogen-bond acceptors (Lipinski definition) is 1. The SMILES string of the molecule is CCN(CC)c1ccccc1F. The molecule has 2 heteroatoms. The van der Waals surface area contributed by atoms with Crippen molar-refractivity contribution in [3.8, 4) is 0 Å². The number of rotatable bonds is 3. The van der Waals surface area contributed by atoms with Crippen molar-refractivity contribution in [2.24, 2.45) is 0 Å². The second kappa shape index (κ2) is 4.10. The van der Waals surface area contributed by atoms with E-state index in [0.29, 0.717) is 5.69 Å². The number of nitrogens with zero attached hydrogens (tertiary/aromatic N) is 1. The monoisotopic (exact) mass is 167 g/mol. The summed E-state index contributed by atoms with van der Waals surface area (Å²) in [6.45, 7) is 5.74. The van der Waals surface area contributed by atoms with Crippen molar-refractivity contribution in [1.82, 2.24) is 0 Å². The van der Waals surface area contributed by atoms with Gasteiger partial charge >= 0.3 is 0 Å². The zero-order chi connectivity index (χ0) is 8.97. The maximum absolute atomic E-state index is 13.2. The molecule has 0 amide bonds. The van der Waals surface area contributed by atoms with Crippen LogP contribution < -0.4 is 4.90 Å². The Kier molecular flexibility index (Phi) is 3.09. The molecule has 0 saturated heterocycles. The summed E-state index contributed by atoms with van der Waals surface area (Å²) in [5, 5.41) is 0. The molecule has 0 aliphatic carbocycles. The minimum absolute atomic E-state index is 0.138. The minimum Gasteiger partial charge on any atom is -0.370 e. The largest absolute Gasteiger partial charge is 0.370 e. The third-order valence-corrected chi connectivity index (χ3v) is 1.96. The van der Waals surface area contributed by atoms with Gasteiger partial charge in [0.15, 0.2) is 0 Å². The number of hydrogen-bond donors (Lipinski definition) is 0. The summed E-state index contributed by atoms with van der Waals surface area (Å²) >= 11 is 0. The highest BCUT2D eigenvalue weighted by Gasteiger charge is 2.05. The fraction of sp³-hybridized carbons (Fsp3) is 0.400. The first-order valence-electron chi connectivity index (χ1n) is 4.29. The Labute approximate surface area is 72.8 Å². The minimum atomic E-state index is -0.138. The average molecular weight is 167 g/mol. The van der Waals surface area contributed by atoms with Gasteiger partial charge in [0.2, 0.25) is 0 Å². The molecule has 0 heterocycles. The van der Waals surface area contributed by atoms with Crippen LogP contribution in [0, 0.1) is 5.82 Å². The fourth-order valence-corrected chi connectivity index (χ4v) is 1.27. The molecule has 1 aromatic carbocycles. The van der Waals surface area contributed by atoms with E-state index in [2.05, 4.69) is 0 Å². The van der Waals surface area contributed by atoms with Crippen LogP contribution in [0.2, 0.25) is 0 Å². The van der Waals surface area contributed by atoms with Crippen molar-refractivity contribution < 1.29 is 4.39 Å². The molecule has 0 N–H and O–H groups in total. The summed E-state index contributed by atoms with van der Waals surface area (Å²) in [5.41, 5.74) is 0.697. The van der Waals surface area contributed by atoms with E-state index in [1.54, 1.807) is 6.07 Å². The van der Waals surface area contributed by atoms with Crippen LogP contribution in [0.5, 0.6) is 0 Å². The van der Waals surface area contributed by atoms with Gasteiger partial charge < -0.3 is 4.90 Å². The molecule has 0 saturated carbocycles. The topological polar surface area (TPSA) is 3.24 Å². The first-order valence-corrected chi connectivity index (χ1v) is 4.29. The molecule has 1 rings (SSSR count). The number of para-hydroxylation sites is 1. The maximum Gasteiger partial charge on any atom is 0.146 e. The molecule has 12 heavy (non-hydrogen) atoms. The van der Waals surface area contributed by atoms with Crippen molar-refractivity contribution in [2.75, 3.05) is 18.0 Å².